The number of aromatic nitrogens is 2. The van der Waals surface area contributed by atoms with E-state index < -0.39 is 0 Å². The molecule has 164 valence electrons. The van der Waals surface area contributed by atoms with Crippen LogP contribution in [0, 0.1) is 6.92 Å². The van der Waals surface area contributed by atoms with E-state index in [0.29, 0.717) is 0 Å². The van der Waals surface area contributed by atoms with Crippen LogP contribution in [0.4, 0.5) is 11.5 Å². The normalized spacial score (nSPS) is 16.5. The van der Waals surface area contributed by atoms with Gasteiger partial charge in [0.2, 0.25) is 0 Å². The van der Waals surface area contributed by atoms with E-state index in [-0.39, 0.29) is 5.91 Å². The fraction of sp³-hybridized carbons (Fsp3) is 0.346. The number of hydrogen-bond donors (Lipinski definition) is 0. The molecular weight excluding hydrogens is 398 g/mol. The minimum atomic E-state index is 0.0971. The van der Waals surface area contributed by atoms with Crippen LogP contribution in [-0.4, -0.2) is 60.0 Å². The maximum Gasteiger partial charge on any atom is 0.253 e. The number of piperazine rings is 1. The molecule has 2 aromatic carbocycles. The molecule has 2 aliphatic rings. The van der Waals surface area contributed by atoms with Crippen molar-refractivity contribution in [3.63, 3.8) is 0 Å². The number of aryl methyl sites for hydroxylation is 1. The van der Waals surface area contributed by atoms with Gasteiger partial charge in [-0.05, 0) is 43.5 Å². The molecule has 0 bridgehead atoms. The molecule has 1 aromatic heterocycles. The van der Waals surface area contributed by atoms with Crippen molar-refractivity contribution in [3.05, 3.63) is 72.1 Å². The third kappa shape index (κ3) is 4.05. The quantitative estimate of drug-likeness (QED) is 0.630. The molecule has 2 fully saturated rings. The Balaban J connectivity index is 1.27. The molecule has 2 saturated heterocycles. The van der Waals surface area contributed by atoms with E-state index in [0.717, 1.165) is 61.9 Å². The number of carbonyl (C=O) groups excluding carboxylic acids is 1. The largest absolute Gasteiger partial charge is 0.368 e. The Morgan fingerprint density at radius 1 is 0.781 bits per heavy atom. The van der Waals surface area contributed by atoms with Crippen LogP contribution in [0.2, 0.25) is 0 Å². The number of carbonyl (C=O) groups is 1. The van der Waals surface area contributed by atoms with Crippen LogP contribution in [0.1, 0.15) is 28.8 Å². The van der Waals surface area contributed by atoms with Crippen LogP contribution in [0.5, 0.6) is 0 Å². The maximum absolute atomic E-state index is 13.1. The predicted octanol–water partition coefficient (Wildman–Crippen LogP) is 4.01. The zero-order valence-corrected chi connectivity index (χ0v) is 18.6. The van der Waals surface area contributed by atoms with Crippen LogP contribution >= 0.6 is 0 Å². The van der Waals surface area contributed by atoms with Crippen LogP contribution in [-0.2, 0) is 0 Å². The molecule has 5 rings (SSSR count). The second kappa shape index (κ2) is 8.99. The minimum absolute atomic E-state index is 0.0971. The van der Waals surface area contributed by atoms with Crippen molar-refractivity contribution in [2.75, 3.05) is 49.1 Å². The van der Waals surface area contributed by atoms with Gasteiger partial charge in [0.1, 0.15) is 5.69 Å². The highest BCUT2D eigenvalue weighted by atomic mass is 16.2. The van der Waals surface area contributed by atoms with Gasteiger partial charge in [0.25, 0.3) is 5.91 Å². The molecule has 1 amide bonds. The fourth-order valence-corrected chi connectivity index (χ4v) is 4.72. The van der Waals surface area contributed by atoms with Crippen molar-refractivity contribution in [1.82, 2.24) is 14.9 Å². The van der Waals surface area contributed by atoms with E-state index in [4.69, 9.17) is 0 Å². The van der Waals surface area contributed by atoms with Crippen molar-refractivity contribution < 1.29 is 4.79 Å². The lowest BCUT2D eigenvalue weighted by molar-refractivity contribution is 0.0747. The molecule has 3 aromatic rings. The number of para-hydroxylation sites is 1. The molecular formula is C26H29N5O. The molecule has 32 heavy (non-hydrogen) atoms. The number of rotatable bonds is 4. The van der Waals surface area contributed by atoms with E-state index in [9.17, 15) is 4.79 Å². The van der Waals surface area contributed by atoms with E-state index in [1.165, 1.54) is 24.1 Å². The highest BCUT2D eigenvalue weighted by molar-refractivity contribution is 5.95. The summed E-state index contributed by atoms with van der Waals surface area (Å²) >= 11 is 0. The van der Waals surface area contributed by atoms with Crippen LogP contribution in [0.25, 0.3) is 11.3 Å². The summed E-state index contributed by atoms with van der Waals surface area (Å²) in [5.74, 6) is 1.04. The van der Waals surface area contributed by atoms with Gasteiger partial charge in [-0.1, -0.05) is 30.3 Å². The molecule has 0 aliphatic carbocycles. The van der Waals surface area contributed by atoms with Crippen molar-refractivity contribution in [2.45, 2.75) is 19.8 Å². The average molecular weight is 428 g/mol. The zero-order chi connectivity index (χ0) is 21.9. The molecule has 6 nitrogen and oxygen atoms in total. The standard InChI is InChI=1S/C26H29N5O/c1-20-6-2-3-7-23(20)29-16-18-31(19-17-29)26(32)22-10-8-21(9-11-22)24-25(28-13-12-27-24)30-14-4-5-15-30/h2-3,6-13H,4-5,14-19H2,1H3. The summed E-state index contributed by atoms with van der Waals surface area (Å²) in [6, 6.07) is 16.3. The Bertz CT molecular complexity index is 1080. The number of benzene rings is 2. The second-order valence-electron chi connectivity index (χ2n) is 8.57. The maximum atomic E-state index is 13.1. The molecule has 0 N–H and O–H groups in total. The number of hydrogen-bond acceptors (Lipinski definition) is 5. The van der Waals surface area contributed by atoms with Gasteiger partial charge in [0, 0.05) is 68.5 Å². The monoisotopic (exact) mass is 427 g/mol. The highest BCUT2D eigenvalue weighted by Gasteiger charge is 2.23. The van der Waals surface area contributed by atoms with E-state index in [1.54, 1.807) is 12.4 Å². The van der Waals surface area contributed by atoms with Crippen molar-refractivity contribution in [2.24, 2.45) is 0 Å². The van der Waals surface area contributed by atoms with Gasteiger partial charge in [0.05, 0.1) is 0 Å². The smallest absolute Gasteiger partial charge is 0.253 e. The Morgan fingerprint density at radius 3 is 2.19 bits per heavy atom. The summed E-state index contributed by atoms with van der Waals surface area (Å²) in [6.45, 7) is 7.37. The molecule has 0 radical (unpaired) electrons. The third-order valence-corrected chi connectivity index (χ3v) is 6.51. The molecule has 0 saturated carbocycles. The molecule has 2 aliphatic heterocycles. The molecule has 0 atom stereocenters. The van der Waals surface area contributed by atoms with Gasteiger partial charge in [-0.2, -0.15) is 0 Å². The predicted molar refractivity (Wildman–Crippen MR) is 128 cm³/mol. The lowest BCUT2D eigenvalue weighted by atomic mass is 10.1. The van der Waals surface area contributed by atoms with Crippen molar-refractivity contribution in [1.29, 1.82) is 0 Å². The Kier molecular flexibility index (Phi) is 5.75. The summed E-state index contributed by atoms with van der Waals surface area (Å²) < 4.78 is 0. The van der Waals surface area contributed by atoms with Gasteiger partial charge < -0.3 is 14.7 Å². The first-order chi connectivity index (χ1) is 15.7. The van der Waals surface area contributed by atoms with Crippen LogP contribution < -0.4 is 9.80 Å². The van der Waals surface area contributed by atoms with Gasteiger partial charge in [0.15, 0.2) is 5.82 Å². The first-order valence-electron chi connectivity index (χ1n) is 11.5. The van der Waals surface area contributed by atoms with Gasteiger partial charge in [-0.3, -0.25) is 9.78 Å². The van der Waals surface area contributed by atoms with Crippen LogP contribution in [0.15, 0.2) is 60.9 Å². The zero-order valence-electron chi connectivity index (χ0n) is 18.6. The van der Waals surface area contributed by atoms with Crippen molar-refractivity contribution >= 4 is 17.4 Å². The minimum Gasteiger partial charge on any atom is -0.368 e. The van der Waals surface area contributed by atoms with Gasteiger partial charge >= 0.3 is 0 Å². The second-order valence-corrected chi connectivity index (χ2v) is 8.57. The molecule has 6 heteroatoms. The number of anilines is 2. The summed E-state index contributed by atoms with van der Waals surface area (Å²) in [5.41, 5.74) is 5.16. The molecule has 3 heterocycles. The first-order valence-corrected chi connectivity index (χ1v) is 11.5. The first kappa shape index (κ1) is 20.5. The molecule has 0 spiro atoms. The topological polar surface area (TPSA) is 52.6 Å². The number of nitrogens with zero attached hydrogens (tertiary/aromatic N) is 5. The van der Waals surface area contributed by atoms with Gasteiger partial charge in [-0.15, -0.1) is 0 Å². The Labute approximate surface area is 189 Å². The highest BCUT2D eigenvalue weighted by Crippen LogP contribution is 2.29. The van der Waals surface area contributed by atoms with Crippen molar-refractivity contribution in [3.8, 4) is 11.3 Å². The average Bonchev–Trinajstić information content (AvgIpc) is 3.39. The lowest BCUT2D eigenvalue weighted by Gasteiger charge is -2.36. The van der Waals surface area contributed by atoms with E-state index >= 15 is 0 Å². The van der Waals surface area contributed by atoms with E-state index in [2.05, 4.69) is 51.0 Å². The summed E-state index contributed by atoms with van der Waals surface area (Å²) in [5, 5.41) is 0. The Hall–Kier alpha value is -3.41. The fourth-order valence-electron chi connectivity index (χ4n) is 4.72. The Morgan fingerprint density at radius 2 is 1.47 bits per heavy atom. The summed E-state index contributed by atoms with van der Waals surface area (Å²) in [7, 11) is 0. The SMILES string of the molecule is Cc1ccccc1N1CCN(C(=O)c2ccc(-c3nccnc3N3CCCC3)cc2)CC1. The molecule has 0 unspecified atom stereocenters. The third-order valence-electron chi connectivity index (χ3n) is 6.51. The lowest BCUT2D eigenvalue weighted by Crippen LogP contribution is -2.49. The van der Waals surface area contributed by atoms with Crippen LogP contribution in [0.3, 0.4) is 0 Å². The van der Waals surface area contributed by atoms with Gasteiger partial charge in [-0.25, -0.2) is 4.98 Å². The number of amides is 1. The van der Waals surface area contributed by atoms with E-state index in [1.807, 2.05) is 29.2 Å². The summed E-state index contributed by atoms with van der Waals surface area (Å²) in [6.07, 6.45) is 5.88. The summed E-state index contributed by atoms with van der Waals surface area (Å²) in [4.78, 5) is 28.9.